The van der Waals surface area contributed by atoms with Crippen LogP contribution in [-0.2, 0) is 29.7 Å². The monoisotopic (exact) mass is 918 g/mol. The lowest BCUT2D eigenvalue weighted by molar-refractivity contribution is -0.119. The van der Waals surface area contributed by atoms with Crippen molar-refractivity contribution in [2.45, 2.75) is 174 Å². The Morgan fingerprint density at radius 1 is 0.873 bits per heavy atom. The maximum absolute atomic E-state index is 15.6. The van der Waals surface area contributed by atoms with E-state index in [9.17, 15) is 4.79 Å². The minimum atomic E-state index is -3.47. The number of hydrogen-bond acceptors (Lipinski definition) is 10. The third kappa shape index (κ3) is 9.01. The predicted molar refractivity (Wildman–Crippen MR) is 258 cm³/mol. The minimum absolute atomic E-state index is 0.0454. The zero-order chi connectivity index (χ0) is 47.2. The number of methoxy groups -OCH3 is 2. The van der Waals surface area contributed by atoms with Gasteiger partial charge in [0.25, 0.3) is 0 Å². The van der Waals surface area contributed by atoms with E-state index in [1.165, 1.54) is 0 Å². The van der Waals surface area contributed by atoms with E-state index in [1.807, 2.05) is 38.1 Å². The molecule has 3 aliphatic rings. The van der Waals surface area contributed by atoms with Crippen LogP contribution in [0.1, 0.15) is 127 Å². The summed E-state index contributed by atoms with van der Waals surface area (Å²) in [7, 11) is -4.86. The highest BCUT2D eigenvalue weighted by molar-refractivity contribution is 6.75. The van der Waals surface area contributed by atoms with Gasteiger partial charge in [0.15, 0.2) is 28.2 Å². The van der Waals surface area contributed by atoms with Crippen LogP contribution in [0.15, 0.2) is 42.5 Å². The molecule has 0 N–H and O–H groups in total. The lowest BCUT2D eigenvalue weighted by atomic mass is 9.81. The van der Waals surface area contributed by atoms with Crippen LogP contribution in [0.4, 0.5) is 0 Å². The number of ketones is 2. The number of epoxide rings is 1. The molecule has 0 spiro atoms. The summed E-state index contributed by atoms with van der Waals surface area (Å²) in [5, 5.41) is 0.275. The van der Waals surface area contributed by atoms with Crippen molar-refractivity contribution in [3.05, 3.63) is 70.3 Å². The van der Waals surface area contributed by atoms with Crippen molar-refractivity contribution in [2.24, 2.45) is 5.92 Å². The summed E-state index contributed by atoms with van der Waals surface area (Å²) in [6.07, 6.45) is -2.66. The second-order valence-electron chi connectivity index (χ2n) is 22.7. The first-order valence-corrected chi connectivity index (χ1v) is 30.6. The Morgan fingerprint density at radius 3 is 1.97 bits per heavy atom. The van der Waals surface area contributed by atoms with E-state index in [1.54, 1.807) is 14.2 Å². The van der Waals surface area contributed by atoms with Crippen molar-refractivity contribution in [3.63, 3.8) is 0 Å². The van der Waals surface area contributed by atoms with Crippen LogP contribution < -0.4 is 18.3 Å². The predicted octanol–water partition coefficient (Wildman–Crippen LogP) is 12.7. The Bertz CT molecular complexity index is 2260. The molecule has 5 atom stereocenters. The van der Waals surface area contributed by atoms with Crippen molar-refractivity contribution >= 4 is 47.5 Å². The van der Waals surface area contributed by atoms with Gasteiger partial charge in [-0.1, -0.05) is 94.9 Å². The number of fused-ring (bicyclic) bond motifs is 2. The van der Waals surface area contributed by atoms with Crippen molar-refractivity contribution in [2.75, 3.05) is 14.2 Å². The summed E-state index contributed by atoms with van der Waals surface area (Å²) in [5.41, 5.74) is 4.23. The molecule has 2 aliphatic heterocycles. The second-order valence-corrected chi connectivity index (χ2v) is 36.5. The molecule has 3 aromatic carbocycles. The molecule has 6 rings (SSSR count). The highest BCUT2D eigenvalue weighted by Crippen LogP contribution is 2.63. The zero-order valence-corrected chi connectivity index (χ0v) is 44.6. The highest BCUT2D eigenvalue weighted by atomic mass is 28.4. The molecule has 0 radical (unpaired) electrons. The summed E-state index contributed by atoms with van der Waals surface area (Å²) in [6, 6.07) is 9.91. The highest BCUT2D eigenvalue weighted by Gasteiger charge is 2.66. The molecule has 1 fully saturated rings. The van der Waals surface area contributed by atoms with Gasteiger partial charge in [-0.25, -0.2) is 0 Å². The third-order valence-electron chi connectivity index (χ3n) is 13.3. The number of rotatable bonds is 14. The Morgan fingerprint density at radius 2 is 1.46 bits per heavy atom. The van der Waals surface area contributed by atoms with Crippen molar-refractivity contribution in [3.8, 4) is 23.0 Å². The smallest absolute Gasteiger partial charge is 0.471 e. The van der Waals surface area contributed by atoms with Gasteiger partial charge in [-0.05, 0) is 74.0 Å². The molecular formula is C50H74O10Si3. The number of benzene rings is 3. The third-order valence-corrected chi connectivity index (χ3v) is 23.7. The topological polar surface area (TPSA) is 111 Å². The molecule has 1 aliphatic carbocycles. The van der Waals surface area contributed by atoms with Gasteiger partial charge in [0, 0.05) is 44.5 Å². The molecule has 346 valence electrons. The summed E-state index contributed by atoms with van der Waals surface area (Å²) in [5.74, 6) is 1.96. The van der Waals surface area contributed by atoms with E-state index >= 15 is 4.79 Å². The average Bonchev–Trinajstić information content (AvgIpc) is 3.95. The normalized spacial score (nSPS) is 21.7. The van der Waals surface area contributed by atoms with Gasteiger partial charge in [-0.2, -0.15) is 0 Å². The summed E-state index contributed by atoms with van der Waals surface area (Å²) < 4.78 is 54.5. The van der Waals surface area contributed by atoms with E-state index in [4.69, 9.17) is 36.7 Å². The molecule has 10 nitrogen and oxygen atoms in total. The summed E-state index contributed by atoms with van der Waals surface area (Å²) in [6.45, 7) is 40.6. The number of hydrogen-bond donors (Lipinski definition) is 0. The van der Waals surface area contributed by atoms with Crippen LogP contribution >= 0.6 is 0 Å². The zero-order valence-electron chi connectivity index (χ0n) is 41.6. The lowest BCUT2D eigenvalue weighted by Gasteiger charge is -2.51. The van der Waals surface area contributed by atoms with E-state index in [-0.39, 0.29) is 29.1 Å². The van der Waals surface area contributed by atoms with Gasteiger partial charge in [0.05, 0.1) is 37.9 Å². The molecule has 0 bridgehead atoms. The van der Waals surface area contributed by atoms with Gasteiger partial charge >= 0.3 is 8.56 Å². The fourth-order valence-corrected chi connectivity index (χ4v) is 16.0. The maximum Gasteiger partial charge on any atom is 0.471 e. The SMILES string of the molecule is C=C(C(=O)C(C)C)C(O[Si](C)(C)C)[C@H]1O[C@@H]1c1c(C)cc2c(OC)c3c(c4c2c1O[Si](C(C)(C)C)(C(C)(C)C)O4)C(=O)[C@@H](O[Si](C)(C)C(C)(C)C)C[C@@H]3OCc1ccc(OC)cc1. The van der Waals surface area contributed by atoms with Gasteiger partial charge in [0.2, 0.25) is 0 Å². The summed E-state index contributed by atoms with van der Waals surface area (Å²) in [4.78, 5) is 29.1. The number of carbonyl (C=O) groups is 2. The van der Waals surface area contributed by atoms with Crippen molar-refractivity contribution in [1.82, 2.24) is 0 Å². The van der Waals surface area contributed by atoms with Crippen molar-refractivity contribution < 1.29 is 46.2 Å². The standard InChI is InChI=1S/C50H74O10Si3/c1-28(2)40(51)30(4)42(58-61(16,17)18)47-46(56-47)36-29(3)25-33-37-44(36)59-63(49(8,9)10,50(11,12)13)60-45(37)39-38(43(33)54-15)34(55-27-31-21-23-32(53-14)24-22-31)26-35(41(39)52)57-62(19,20)48(5,6)7/h21-25,28,34-35,42,46-47H,4,26-27H2,1-3,5-20H3/t34-,35-,42?,46+,47+/m0/s1. The molecule has 0 aromatic heterocycles. The van der Waals surface area contributed by atoms with Gasteiger partial charge < -0.3 is 36.7 Å². The van der Waals surface area contributed by atoms with Gasteiger partial charge in [-0.3, -0.25) is 9.59 Å². The molecule has 13 heteroatoms. The van der Waals surface area contributed by atoms with Crippen LogP contribution in [0, 0.1) is 12.8 Å². The molecule has 2 heterocycles. The van der Waals surface area contributed by atoms with Crippen LogP contribution in [0.5, 0.6) is 23.0 Å². The van der Waals surface area contributed by atoms with Crippen LogP contribution in [0.2, 0.25) is 47.8 Å². The van der Waals surface area contributed by atoms with Gasteiger partial charge in [0.1, 0.15) is 47.4 Å². The molecule has 1 unspecified atom stereocenters. The second kappa shape index (κ2) is 16.8. The molecule has 0 saturated carbocycles. The van der Waals surface area contributed by atoms with E-state index in [2.05, 4.69) is 115 Å². The quantitative estimate of drug-likeness (QED) is 0.0880. The number of Topliss-reactive ketones (excluding diaryl/α,β-unsaturated/α-hetero) is 2. The largest absolute Gasteiger partial charge is 0.510 e. The van der Waals surface area contributed by atoms with E-state index in [0.717, 1.165) is 27.8 Å². The number of aryl methyl sites for hydroxylation is 1. The first-order valence-electron chi connectivity index (χ1n) is 22.5. The first-order chi connectivity index (χ1) is 28.9. The first kappa shape index (κ1) is 49.1. The van der Waals surface area contributed by atoms with E-state index in [0.29, 0.717) is 45.8 Å². The molecule has 63 heavy (non-hydrogen) atoms. The minimum Gasteiger partial charge on any atom is -0.510 e. The van der Waals surface area contributed by atoms with Gasteiger partial charge in [-0.15, -0.1) is 0 Å². The average molecular weight is 919 g/mol. The van der Waals surface area contributed by atoms with Crippen molar-refractivity contribution in [1.29, 1.82) is 0 Å². The fraction of sp³-hybridized carbons (Fsp3) is 0.600. The van der Waals surface area contributed by atoms with Crippen LogP contribution in [0.3, 0.4) is 0 Å². The number of carbonyl (C=O) groups excluding carboxylic acids is 2. The lowest BCUT2D eigenvalue weighted by Crippen LogP contribution is -2.63. The maximum atomic E-state index is 15.6. The molecular weight excluding hydrogens is 845 g/mol. The van der Waals surface area contributed by atoms with E-state index < -0.39 is 65.8 Å². The Balaban J connectivity index is 1.65. The molecule has 3 aromatic rings. The summed E-state index contributed by atoms with van der Waals surface area (Å²) >= 11 is 0. The Hall–Kier alpha value is -3.31. The Kier molecular flexibility index (Phi) is 13.1. The Labute approximate surface area is 380 Å². The van der Waals surface area contributed by atoms with Crippen LogP contribution in [-0.4, -0.2) is 69.3 Å². The van der Waals surface area contributed by atoms with Crippen LogP contribution in [0.25, 0.3) is 10.8 Å². The number of ether oxygens (including phenoxy) is 4. The molecule has 1 saturated heterocycles. The molecule has 0 amide bonds. The fourth-order valence-electron chi connectivity index (χ4n) is 9.19.